The lowest BCUT2D eigenvalue weighted by atomic mass is 10.1. The molecule has 3 heteroatoms. The second kappa shape index (κ2) is 6.92. The summed E-state index contributed by atoms with van der Waals surface area (Å²) in [5, 5.41) is 0. The molecule has 0 amide bonds. The minimum absolute atomic E-state index is 0.558. The number of nitrogen functional groups attached to an aromatic ring is 1. The van der Waals surface area contributed by atoms with Gasteiger partial charge in [-0.15, -0.1) is 0 Å². The van der Waals surface area contributed by atoms with Gasteiger partial charge in [0.2, 0.25) is 0 Å². The van der Waals surface area contributed by atoms with E-state index in [0.717, 1.165) is 18.8 Å². The third-order valence-corrected chi connectivity index (χ3v) is 4.06. The highest BCUT2D eigenvalue weighted by Crippen LogP contribution is 2.15. The van der Waals surface area contributed by atoms with Crippen molar-refractivity contribution < 1.29 is 0 Å². The first-order chi connectivity index (χ1) is 9.16. The number of nitrogens with two attached hydrogens (primary N) is 1. The van der Waals surface area contributed by atoms with Crippen LogP contribution in [0.4, 0.5) is 5.69 Å². The van der Waals surface area contributed by atoms with Crippen LogP contribution in [-0.2, 0) is 6.54 Å². The van der Waals surface area contributed by atoms with Gasteiger partial charge < -0.3 is 10.6 Å². The molecule has 0 radical (unpaired) electrons. The first kappa shape index (κ1) is 14.4. The summed E-state index contributed by atoms with van der Waals surface area (Å²) in [4.78, 5) is 5.09. The Labute approximate surface area is 117 Å². The Hall–Kier alpha value is -1.06. The van der Waals surface area contributed by atoms with Gasteiger partial charge in [0.25, 0.3) is 0 Å². The molecule has 0 aromatic heterocycles. The predicted octanol–water partition coefficient (Wildman–Crippen LogP) is 2.58. The largest absolute Gasteiger partial charge is 0.398 e. The van der Waals surface area contributed by atoms with E-state index in [4.69, 9.17) is 5.73 Å². The maximum absolute atomic E-state index is 6.05. The monoisotopic (exact) mass is 261 g/mol. The van der Waals surface area contributed by atoms with E-state index in [1.54, 1.807) is 0 Å². The number of hydrogen-bond donors (Lipinski definition) is 1. The van der Waals surface area contributed by atoms with Gasteiger partial charge in [0.15, 0.2) is 0 Å². The van der Waals surface area contributed by atoms with Crippen molar-refractivity contribution >= 4 is 5.69 Å². The van der Waals surface area contributed by atoms with E-state index in [-0.39, 0.29) is 0 Å². The lowest BCUT2D eigenvalue weighted by Crippen LogP contribution is -2.37. The van der Waals surface area contributed by atoms with Crippen LogP contribution in [0.15, 0.2) is 24.3 Å². The normalized spacial score (nSPS) is 16.6. The summed E-state index contributed by atoms with van der Waals surface area (Å²) < 4.78 is 0. The second-order valence-corrected chi connectivity index (χ2v) is 5.81. The zero-order valence-corrected chi connectivity index (χ0v) is 12.3. The summed E-state index contributed by atoms with van der Waals surface area (Å²) in [6.45, 7) is 10.4. The summed E-state index contributed by atoms with van der Waals surface area (Å²) in [6.07, 6.45) is 2.74. The van der Waals surface area contributed by atoms with Crippen molar-refractivity contribution in [2.75, 3.05) is 31.9 Å². The fourth-order valence-corrected chi connectivity index (χ4v) is 2.69. The average molecular weight is 261 g/mol. The van der Waals surface area contributed by atoms with Gasteiger partial charge in [0.05, 0.1) is 0 Å². The van der Waals surface area contributed by atoms with E-state index in [1.807, 2.05) is 12.1 Å². The summed E-state index contributed by atoms with van der Waals surface area (Å²) in [6, 6.07) is 8.77. The molecule has 1 aliphatic heterocycles. The van der Waals surface area contributed by atoms with Crippen molar-refractivity contribution in [2.45, 2.75) is 39.3 Å². The highest BCUT2D eigenvalue weighted by Gasteiger charge is 2.15. The Morgan fingerprint density at radius 3 is 2.53 bits per heavy atom. The number of hydrogen-bond acceptors (Lipinski definition) is 3. The van der Waals surface area contributed by atoms with Crippen LogP contribution in [-0.4, -0.2) is 42.0 Å². The van der Waals surface area contributed by atoms with E-state index < -0.39 is 0 Å². The fourth-order valence-electron chi connectivity index (χ4n) is 2.69. The molecule has 1 aliphatic rings. The van der Waals surface area contributed by atoms with Gasteiger partial charge in [0, 0.05) is 31.4 Å². The van der Waals surface area contributed by atoms with Gasteiger partial charge in [-0.2, -0.15) is 0 Å². The summed E-state index contributed by atoms with van der Waals surface area (Å²) in [5.74, 6) is 0. The molecular weight excluding hydrogens is 234 g/mol. The van der Waals surface area contributed by atoms with Crippen LogP contribution in [0.1, 0.15) is 32.3 Å². The summed E-state index contributed by atoms with van der Waals surface area (Å²) in [5.41, 5.74) is 8.21. The molecule has 1 aromatic carbocycles. The Morgan fingerprint density at radius 1 is 1.21 bits per heavy atom. The minimum atomic E-state index is 0.558. The Balaban J connectivity index is 1.90. The van der Waals surface area contributed by atoms with E-state index in [2.05, 4.69) is 35.8 Å². The highest BCUT2D eigenvalue weighted by molar-refractivity contribution is 5.46. The molecule has 0 bridgehead atoms. The maximum Gasteiger partial charge on any atom is 0.0359 e. The van der Waals surface area contributed by atoms with Gasteiger partial charge in [-0.1, -0.05) is 18.2 Å². The van der Waals surface area contributed by atoms with Crippen LogP contribution in [0.2, 0.25) is 0 Å². The molecule has 1 saturated heterocycles. The van der Waals surface area contributed by atoms with E-state index in [0.29, 0.717) is 6.04 Å². The maximum atomic E-state index is 6.05. The molecule has 0 saturated carbocycles. The number of para-hydroxylation sites is 1. The van der Waals surface area contributed by atoms with Crippen LogP contribution in [0.25, 0.3) is 0 Å². The molecule has 0 unspecified atom stereocenters. The lowest BCUT2D eigenvalue weighted by molar-refractivity contribution is 0.182. The lowest BCUT2D eigenvalue weighted by Gasteiger charge is -2.29. The van der Waals surface area contributed by atoms with Crippen molar-refractivity contribution in [1.29, 1.82) is 0 Å². The van der Waals surface area contributed by atoms with Crippen LogP contribution < -0.4 is 5.73 Å². The molecular formula is C16H27N3. The van der Waals surface area contributed by atoms with Gasteiger partial charge in [-0.05, 0) is 51.4 Å². The molecule has 1 aromatic rings. The molecule has 106 valence electrons. The number of nitrogens with zero attached hydrogens (tertiary/aromatic N) is 2. The highest BCUT2D eigenvalue weighted by atomic mass is 15.2. The molecule has 0 atom stereocenters. The number of likely N-dealkylation sites (tertiary alicyclic amines) is 1. The number of benzene rings is 1. The SMILES string of the molecule is CC(C)N(CCN1CCCC1)Cc1ccccc1N. The van der Waals surface area contributed by atoms with Gasteiger partial charge >= 0.3 is 0 Å². The first-order valence-electron chi connectivity index (χ1n) is 7.46. The topological polar surface area (TPSA) is 32.5 Å². The molecule has 3 nitrogen and oxygen atoms in total. The molecule has 2 N–H and O–H groups in total. The van der Waals surface area contributed by atoms with Gasteiger partial charge in [-0.3, -0.25) is 4.90 Å². The van der Waals surface area contributed by atoms with Crippen molar-refractivity contribution in [3.63, 3.8) is 0 Å². The number of anilines is 1. The van der Waals surface area contributed by atoms with E-state index >= 15 is 0 Å². The van der Waals surface area contributed by atoms with Gasteiger partial charge in [0.1, 0.15) is 0 Å². The first-order valence-corrected chi connectivity index (χ1v) is 7.46. The van der Waals surface area contributed by atoms with Crippen LogP contribution in [0.5, 0.6) is 0 Å². The van der Waals surface area contributed by atoms with Crippen molar-refractivity contribution in [3.8, 4) is 0 Å². The van der Waals surface area contributed by atoms with Crippen LogP contribution in [0, 0.1) is 0 Å². The average Bonchev–Trinajstić information content (AvgIpc) is 2.89. The quantitative estimate of drug-likeness (QED) is 0.799. The fraction of sp³-hybridized carbons (Fsp3) is 0.625. The Kier molecular flexibility index (Phi) is 5.23. The molecule has 2 rings (SSSR count). The molecule has 19 heavy (non-hydrogen) atoms. The van der Waals surface area contributed by atoms with Gasteiger partial charge in [-0.25, -0.2) is 0 Å². The smallest absolute Gasteiger partial charge is 0.0359 e. The summed E-state index contributed by atoms with van der Waals surface area (Å²) in [7, 11) is 0. The third kappa shape index (κ3) is 4.22. The molecule has 1 fully saturated rings. The van der Waals surface area contributed by atoms with Crippen LogP contribution in [0.3, 0.4) is 0 Å². The van der Waals surface area contributed by atoms with Crippen LogP contribution >= 0.6 is 0 Å². The minimum Gasteiger partial charge on any atom is -0.398 e. The zero-order chi connectivity index (χ0) is 13.7. The van der Waals surface area contributed by atoms with E-state index in [1.165, 1.54) is 38.0 Å². The summed E-state index contributed by atoms with van der Waals surface area (Å²) >= 11 is 0. The zero-order valence-electron chi connectivity index (χ0n) is 12.3. The second-order valence-electron chi connectivity index (χ2n) is 5.81. The standard InChI is InChI=1S/C16H27N3/c1-14(2)19(12-11-18-9-5-6-10-18)13-15-7-3-4-8-16(15)17/h3-4,7-8,14H,5-6,9-13,17H2,1-2H3. The van der Waals surface area contributed by atoms with Crippen molar-refractivity contribution in [1.82, 2.24) is 9.80 Å². The Bertz CT molecular complexity index is 383. The molecule has 0 aliphatic carbocycles. The van der Waals surface area contributed by atoms with Crippen molar-refractivity contribution in [3.05, 3.63) is 29.8 Å². The van der Waals surface area contributed by atoms with Crippen molar-refractivity contribution in [2.24, 2.45) is 0 Å². The molecule has 1 heterocycles. The Morgan fingerprint density at radius 2 is 1.89 bits per heavy atom. The molecule has 0 spiro atoms. The predicted molar refractivity (Wildman–Crippen MR) is 82.1 cm³/mol. The number of rotatable bonds is 6. The third-order valence-electron chi connectivity index (χ3n) is 4.06. The van der Waals surface area contributed by atoms with E-state index in [9.17, 15) is 0 Å².